The second kappa shape index (κ2) is 6.61. The van der Waals surface area contributed by atoms with Gasteiger partial charge in [0.15, 0.2) is 0 Å². The van der Waals surface area contributed by atoms with E-state index in [0.29, 0.717) is 0 Å². The number of amides is 1. The lowest BCUT2D eigenvalue weighted by Crippen LogP contribution is -2.34. The van der Waals surface area contributed by atoms with E-state index in [1.807, 2.05) is 60.1 Å². The van der Waals surface area contributed by atoms with Crippen molar-refractivity contribution in [2.24, 2.45) is 7.05 Å². The highest BCUT2D eigenvalue weighted by Crippen LogP contribution is 2.27. The molecule has 4 rings (SSSR count). The molecule has 0 N–H and O–H groups in total. The van der Waals surface area contributed by atoms with Gasteiger partial charge in [-0.1, -0.05) is 6.07 Å². The Hall–Kier alpha value is -2.60. The topological polar surface area (TPSA) is 45.8 Å². The summed E-state index contributed by atoms with van der Waals surface area (Å²) in [6.45, 7) is 5.53. The van der Waals surface area contributed by atoms with Crippen molar-refractivity contribution in [1.82, 2.24) is 23.8 Å². The molecule has 26 heavy (non-hydrogen) atoms. The number of nitrogens with zero attached hydrogens (tertiary/aromatic N) is 5. The number of hydrogen-bond donors (Lipinski definition) is 0. The van der Waals surface area contributed by atoms with Crippen LogP contribution in [0.2, 0.25) is 0 Å². The van der Waals surface area contributed by atoms with E-state index in [1.165, 1.54) is 0 Å². The van der Waals surface area contributed by atoms with E-state index < -0.39 is 0 Å². The lowest BCUT2D eigenvalue weighted by atomic mass is 10.2. The van der Waals surface area contributed by atoms with E-state index >= 15 is 0 Å². The molecule has 1 aliphatic heterocycles. The lowest BCUT2D eigenvalue weighted by Gasteiger charge is -2.20. The first-order valence-electron chi connectivity index (χ1n) is 9.13. The molecule has 0 saturated carbocycles. The molecule has 0 aromatic carbocycles. The maximum Gasteiger partial charge on any atom is 0.256 e. The SMILES string of the molecule is Cc1nc(-c2cc(C(=O)N3CCCN(C)CC3)c3ccccn23)cn1C. The fourth-order valence-corrected chi connectivity index (χ4v) is 3.62. The standard InChI is InChI=1S/C20H25N5O/c1-15-21-17(14-23(15)3)19-13-16(18-7-4-5-10-25(18)19)20(26)24-9-6-8-22(2)11-12-24/h4-5,7,10,13-14H,6,8-9,11-12H2,1-3H3. The molecule has 0 unspecified atom stereocenters. The smallest absolute Gasteiger partial charge is 0.256 e. The molecule has 0 spiro atoms. The molecule has 4 heterocycles. The predicted molar refractivity (Wildman–Crippen MR) is 102 cm³/mol. The van der Waals surface area contributed by atoms with Crippen LogP contribution in [0.1, 0.15) is 22.6 Å². The van der Waals surface area contributed by atoms with Crippen LogP contribution in [0, 0.1) is 6.92 Å². The number of aromatic nitrogens is 3. The average molecular weight is 351 g/mol. The summed E-state index contributed by atoms with van der Waals surface area (Å²) in [6.07, 6.45) is 5.03. The highest BCUT2D eigenvalue weighted by molar-refractivity contribution is 6.02. The van der Waals surface area contributed by atoms with Gasteiger partial charge in [-0.3, -0.25) is 4.79 Å². The summed E-state index contributed by atoms with van der Waals surface area (Å²) >= 11 is 0. The van der Waals surface area contributed by atoms with E-state index in [0.717, 1.165) is 60.9 Å². The minimum Gasteiger partial charge on any atom is -0.338 e. The second-order valence-electron chi connectivity index (χ2n) is 7.13. The summed E-state index contributed by atoms with van der Waals surface area (Å²) in [4.78, 5) is 22.2. The molecule has 3 aromatic rings. The Morgan fingerprint density at radius 1 is 1.12 bits per heavy atom. The monoisotopic (exact) mass is 351 g/mol. The van der Waals surface area contributed by atoms with E-state index in [2.05, 4.69) is 21.3 Å². The number of aryl methyl sites for hydroxylation is 2. The first kappa shape index (κ1) is 16.8. The second-order valence-corrected chi connectivity index (χ2v) is 7.13. The zero-order chi connectivity index (χ0) is 18.3. The van der Waals surface area contributed by atoms with Gasteiger partial charge in [-0.25, -0.2) is 4.98 Å². The Morgan fingerprint density at radius 2 is 1.96 bits per heavy atom. The van der Waals surface area contributed by atoms with Crippen molar-refractivity contribution >= 4 is 11.4 Å². The van der Waals surface area contributed by atoms with Gasteiger partial charge in [0.2, 0.25) is 0 Å². The van der Waals surface area contributed by atoms with Crippen molar-refractivity contribution in [2.45, 2.75) is 13.3 Å². The molecule has 6 nitrogen and oxygen atoms in total. The molecule has 1 fully saturated rings. The maximum atomic E-state index is 13.3. The Labute approximate surface area is 153 Å². The Morgan fingerprint density at radius 3 is 2.73 bits per heavy atom. The molecule has 0 radical (unpaired) electrons. The predicted octanol–water partition coefficient (Wildman–Crippen LogP) is 2.43. The van der Waals surface area contributed by atoms with Gasteiger partial charge in [0.25, 0.3) is 5.91 Å². The number of rotatable bonds is 2. The number of carbonyl (C=O) groups is 1. The molecule has 136 valence electrons. The fraction of sp³-hybridized carbons (Fsp3) is 0.400. The Kier molecular flexibility index (Phi) is 4.28. The van der Waals surface area contributed by atoms with E-state index in [4.69, 9.17) is 0 Å². The molecule has 1 saturated heterocycles. The van der Waals surface area contributed by atoms with Gasteiger partial charge in [-0.2, -0.15) is 0 Å². The number of hydrogen-bond acceptors (Lipinski definition) is 3. The van der Waals surface area contributed by atoms with Crippen LogP contribution in [0.3, 0.4) is 0 Å². The zero-order valence-electron chi connectivity index (χ0n) is 15.6. The summed E-state index contributed by atoms with van der Waals surface area (Å²) in [5, 5.41) is 0. The molecule has 1 amide bonds. The minimum atomic E-state index is 0.114. The molecular weight excluding hydrogens is 326 g/mol. The number of carbonyl (C=O) groups excluding carboxylic acids is 1. The van der Waals surface area contributed by atoms with Crippen molar-refractivity contribution in [1.29, 1.82) is 0 Å². The normalized spacial score (nSPS) is 16.2. The Bertz CT molecular complexity index is 935. The van der Waals surface area contributed by atoms with Crippen LogP contribution >= 0.6 is 0 Å². The number of pyridine rings is 1. The van der Waals surface area contributed by atoms with Gasteiger partial charge in [0.1, 0.15) is 11.5 Å². The third kappa shape index (κ3) is 2.90. The highest BCUT2D eigenvalue weighted by atomic mass is 16.2. The molecule has 0 aliphatic carbocycles. The van der Waals surface area contributed by atoms with Gasteiger partial charge >= 0.3 is 0 Å². The van der Waals surface area contributed by atoms with Gasteiger partial charge < -0.3 is 18.8 Å². The van der Waals surface area contributed by atoms with Crippen molar-refractivity contribution in [3.63, 3.8) is 0 Å². The molecular formula is C20H25N5O. The Balaban J connectivity index is 1.77. The zero-order valence-corrected chi connectivity index (χ0v) is 15.6. The van der Waals surface area contributed by atoms with Gasteiger partial charge in [-0.05, 0) is 45.1 Å². The van der Waals surface area contributed by atoms with E-state index in [9.17, 15) is 4.79 Å². The summed E-state index contributed by atoms with van der Waals surface area (Å²) in [5.41, 5.74) is 3.54. The quantitative estimate of drug-likeness (QED) is 0.712. The molecule has 1 aliphatic rings. The van der Waals surface area contributed by atoms with Gasteiger partial charge in [0, 0.05) is 39.1 Å². The summed E-state index contributed by atoms with van der Waals surface area (Å²) in [5.74, 6) is 1.07. The largest absolute Gasteiger partial charge is 0.338 e. The first-order chi connectivity index (χ1) is 12.5. The van der Waals surface area contributed by atoms with E-state index in [-0.39, 0.29) is 5.91 Å². The first-order valence-corrected chi connectivity index (χ1v) is 9.13. The third-order valence-corrected chi connectivity index (χ3v) is 5.28. The summed E-state index contributed by atoms with van der Waals surface area (Å²) in [6, 6.07) is 7.97. The van der Waals surface area contributed by atoms with Crippen molar-refractivity contribution in [3.8, 4) is 11.4 Å². The van der Waals surface area contributed by atoms with Gasteiger partial charge in [0.05, 0.1) is 16.8 Å². The van der Waals surface area contributed by atoms with Gasteiger partial charge in [-0.15, -0.1) is 0 Å². The van der Waals surface area contributed by atoms with Crippen LogP contribution in [0.4, 0.5) is 0 Å². The van der Waals surface area contributed by atoms with Crippen LogP contribution in [0.25, 0.3) is 16.9 Å². The van der Waals surface area contributed by atoms with Crippen LogP contribution in [-0.4, -0.2) is 62.9 Å². The van der Waals surface area contributed by atoms with Crippen LogP contribution in [-0.2, 0) is 7.05 Å². The van der Waals surface area contributed by atoms with Crippen molar-refractivity contribution in [3.05, 3.63) is 48.0 Å². The van der Waals surface area contributed by atoms with Crippen molar-refractivity contribution < 1.29 is 4.79 Å². The minimum absolute atomic E-state index is 0.114. The number of imidazole rings is 1. The highest BCUT2D eigenvalue weighted by Gasteiger charge is 2.23. The fourth-order valence-electron chi connectivity index (χ4n) is 3.62. The van der Waals surface area contributed by atoms with E-state index in [1.54, 1.807) is 0 Å². The molecule has 6 heteroatoms. The lowest BCUT2D eigenvalue weighted by molar-refractivity contribution is 0.0765. The number of fused-ring (bicyclic) bond motifs is 1. The van der Waals surface area contributed by atoms with Crippen LogP contribution < -0.4 is 0 Å². The summed E-state index contributed by atoms with van der Waals surface area (Å²) < 4.78 is 4.07. The molecule has 0 bridgehead atoms. The molecule has 0 atom stereocenters. The maximum absolute atomic E-state index is 13.3. The van der Waals surface area contributed by atoms with Crippen LogP contribution in [0.5, 0.6) is 0 Å². The van der Waals surface area contributed by atoms with Crippen LogP contribution in [0.15, 0.2) is 36.7 Å². The van der Waals surface area contributed by atoms with Crippen molar-refractivity contribution in [2.75, 3.05) is 33.2 Å². The third-order valence-electron chi connectivity index (χ3n) is 5.28. The molecule has 3 aromatic heterocycles. The average Bonchev–Trinajstić information content (AvgIpc) is 3.09. The summed E-state index contributed by atoms with van der Waals surface area (Å²) in [7, 11) is 4.10. The number of likely N-dealkylation sites (N-methyl/N-ethyl adjacent to an activating group) is 1.